The van der Waals surface area contributed by atoms with Crippen LogP contribution in [0.4, 0.5) is 0 Å². The molecule has 1 heterocycles. The molecule has 2 N–H and O–H groups in total. The summed E-state index contributed by atoms with van der Waals surface area (Å²) in [5.41, 5.74) is 9.16. The molecule has 118 valence electrons. The number of nitrogens with two attached hydrogens (primary N) is 1. The molecule has 0 bridgehead atoms. The molecule has 0 aliphatic carbocycles. The highest BCUT2D eigenvalue weighted by molar-refractivity contribution is 5.25. The first-order valence-corrected chi connectivity index (χ1v) is 8.29. The Morgan fingerprint density at radius 3 is 2.48 bits per heavy atom. The molecule has 0 spiro atoms. The number of aryl methyl sites for hydroxylation is 1. The monoisotopic (exact) mass is 289 g/mol. The van der Waals surface area contributed by atoms with E-state index in [1.54, 1.807) is 0 Å². The average Bonchev–Trinajstić information content (AvgIpc) is 2.51. The van der Waals surface area contributed by atoms with Crippen molar-refractivity contribution in [3.05, 3.63) is 35.4 Å². The van der Waals surface area contributed by atoms with E-state index >= 15 is 0 Å². The maximum atomic E-state index is 6.19. The zero-order valence-electron chi connectivity index (χ0n) is 13.9. The molecule has 0 amide bonds. The van der Waals surface area contributed by atoms with Crippen LogP contribution < -0.4 is 5.73 Å². The molecule has 1 fully saturated rings. The normalized spacial score (nSPS) is 19.1. The first kappa shape index (κ1) is 16.5. The summed E-state index contributed by atoms with van der Waals surface area (Å²) in [6, 6.07) is 8.68. The van der Waals surface area contributed by atoms with E-state index in [0.29, 0.717) is 0 Å². The van der Waals surface area contributed by atoms with Gasteiger partial charge in [0.05, 0.1) is 0 Å². The van der Waals surface area contributed by atoms with E-state index in [9.17, 15) is 0 Å². The average molecular weight is 289 g/mol. The molecule has 1 aromatic carbocycles. The number of hydrogen-bond acceptors (Lipinski definition) is 3. The number of likely N-dealkylation sites (N-methyl/N-ethyl adjacent to an activating group) is 1. The summed E-state index contributed by atoms with van der Waals surface area (Å²) in [6.07, 6.45) is 3.62. The van der Waals surface area contributed by atoms with Gasteiger partial charge in [0, 0.05) is 18.6 Å². The molecule has 0 unspecified atom stereocenters. The minimum atomic E-state index is 0.173. The molecular formula is C18H31N3. The Labute approximate surface area is 130 Å². The van der Waals surface area contributed by atoms with Gasteiger partial charge in [-0.15, -0.1) is 0 Å². The molecule has 3 nitrogen and oxygen atoms in total. The third-order valence-electron chi connectivity index (χ3n) is 5.19. The van der Waals surface area contributed by atoms with E-state index in [0.717, 1.165) is 13.1 Å². The van der Waals surface area contributed by atoms with Gasteiger partial charge in [-0.05, 0) is 64.0 Å². The van der Waals surface area contributed by atoms with E-state index < -0.39 is 0 Å². The number of piperidine rings is 1. The van der Waals surface area contributed by atoms with Gasteiger partial charge in [0.15, 0.2) is 0 Å². The van der Waals surface area contributed by atoms with E-state index in [1.807, 2.05) is 0 Å². The van der Waals surface area contributed by atoms with Crippen molar-refractivity contribution in [1.82, 2.24) is 9.80 Å². The first-order chi connectivity index (χ1) is 10.1. The number of benzene rings is 1. The molecule has 1 aliphatic rings. The van der Waals surface area contributed by atoms with Crippen molar-refractivity contribution >= 4 is 0 Å². The number of nitrogens with zero attached hydrogens (tertiary/aromatic N) is 2. The summed E-state index contributed by atoms with van der Waals surface area (Å²) in [5, 5.41) is 0. The summed E-state index contributed by atoms with van der Waals surface area (Å²) >= 11 is 0. The van der Waals surface area contributed by atoms with Crippen molar-refractivity contribution < 1.29 is 0 Å². The first-order valence-electron chi connectivity index (χ1n) is 8.29. The van der Waals surface area contributed by atoms with Gasteiger partial charge in [-0.1, -0.05) is 31.2 Å². The molecule has 1 aromatic rings. The largest absolute Gasteiger partial charge is 0.329 e. The lowest BCUT2D eigenvalue weighted by molar-refractivity contribution is 0.0400. The van der Waals surface area contributed by atoms with Gasteiger partial charge in [-0.3, -0.25) is 4.90 Å². The van der Waals surface area contributed by atoms with Crippen molar-refractivity contribution in [3.63, 3.8) is 0 Å². The van der Waals surface area contributed by atoms with Gasteiger partial charge in [0.1, 0.15) is 0 Å². The van der Waals surface area contributed by atoms with Gasteiger partial charge in [-0.25, -0.2) is 0 Å². The van der Waals surface area contributed by atoms with Crippen LogP contribution in [0.2, 0.25) is 0 Å². The summed E-state index contributed by atoms with van der Waals surface area (Å²) < 4.78 is 0. The van der Waals surface area contributed by atoms with Gasteiger partial charge in [-0.2, -0.15) is 0 Å². The van der Waals surface area contributed by atoms with Crippen LogP contribution in [0.3, 0.4) is 0 Å². The Morgan fingerprint density at radius 1 is 1.24 bits per heavy atom. The highest BCUT2D eigenvalue weighted by atomic mass is 15.2. The fourth-order valence-electron chi connectivity index (χ4n) is 3.46. The topological polar surface area (TPSA) is 32.5 Å². The fourth-order valence-corrected chi connectivity index (χ4v) is 3.46. The molecule has 0 atom stereocenters. The Kier molecular flexibility index (Phi) is 5.80. The summed E-state index contributed by atoms with van der Waals surface area (Å²) in [6.45, 7) is 9.80. The smallest absolute Gasteiger partial charge is 0.0356 e. The molecule has 0 aromatic heterocycles. The summed E-state index contributed by atoms with van der Waals surface area (Å²) in [7, 11) is 2.24. The second-order valence-electron chi connectivity index (χ2n) is 6.55. The molecule has 1 saturated heterocycles. The van der Waals surface area contributed by atoms with E-state index in [4.69, 9.17) is 5.73 Å². The van der Waals surface area contributed by atoms with Gasteiger partial charge in [0.2, 0.25) is 0 Å². The highest BCUT2D eigenvalue weighted by Crippen LogP contribution is 2.29. The van der Waals surface area contributed by atoms with Crippen molar-refractivity contribution in [2.45, 2.75) is 45.2 Å². The van der Waals surface area contributed by atoms with Crippen LogP contribution in [0.5, 0.6) is 0 Å². The maximum absolute atomic E-state index is 6.19. The lowest BCUT2D eigenvalue weighted by Crippen LogP contribution is -2.57. The summed E-state index contributed by atoms with van der Waals surface area (Å²) in [5.74, 6) is 0. The third-order valence-corrected chi connectivity index (χ3v) is 5.19. The van der Waals surface area contributed by atoms with Gasteiger partial charge < -0.3 is 10.6 Å². The second kappa shape index (κ2) is 7.39. The Balaban J connectivity index is 2.02. The van der Waals surface area contributed by atoms with E-state index in [2.05, 4.69) is 55.0 Å². The minimum Gasteiger partial charge on any atom is -0.329 e. The van der Waals surface area contributed by atoms with Crippen molar-refractivity contribution in [1.29, 1.82) is 0 Å². The van der Waals surface area contributed by atoms with Crippen molar-refractivity contribution in [3.8, 4) is 0 Å². The molecule has 0 radical (unpaired) electrons. The van der Waals surface area contributed by atoms with Crippen LogP contribution in [0.1, 0.15) is 37.3 Å². The predicted molar refractivity (Wildman–Crippen MR) is 90.4 cm³/mol. The van der Waals surface area contributed by atoms with Crippen LogP contribution in [0, 0.1) is 6.92 Å². The van der Waals surface area contributed by atoms with E-state index in [-0.39, 0.29) is 5.54 Å². The second-order valence-corrected chi connectivity index (χ2v) is 6.55. The van der Waals surface area contributed by atoms with Crippen molar-refractivity contribution in [2.24, 2.45) is 5.73 Å². The molecule has 0 saturated carbocycles. The number of likely N-dealkylation sites (tertiary alicyclic amines) is 1. The maximum Gasteiger partial charge on any atom is 0.0356 e. The van der Waals surface area contributed by atoms with E-state index in [1.165, 1.54) is 50.0 Å². The zero-order chi connectivity index (χ0) is 15.3. The molecular weight excluding hydrogens is 258 g/mol. The predicted octanol–water partition coefficient (Wildman–Crippen LogP) is 2.63. The zero-order valence-corrected chi connectivity index (χ0v) is 13.9. The van der Waals surface area contributed by atoms with Crippen LogP contribution in [0.25, 0.3) is 0 Å². The van der Waals surface area contributed by atoms with Crippen molar-refractivity contribution in [2.75, 3.05) is 33.2 Å². The summed E-state index contributed by atoms with van der Waals surface area (Å²) in [4.78, 5) is 5.08. The highest BCUT2D eigenvalue weighted by Gasteiger charge is 2.36. The Morgan fingerprint density at radius 2 is 1.90 bits per heavy atom. The lowest BCUT2D eigenvalue weighted by atomic mass is 9.85. The molecule has 1 aliphatic heterocycles. The third kappa shape index (κ3) is 3.85. The number of rotatable bonds is 6. The quantitative estimate of drug-likeness (QED) is 0.874. The van der Waals surface area contributed by atoms with Gasteiger partial charge in [0.25, 0.3) is 0 Å². The minimum absolute atomic E-state index is 0.173. The number of hydrogen-bond donors (Lipinski definition) is 1. The van der Waals surface area contributed by atoms with Gasteiger partial charge >= 0.3 is 0 Å². The fraction of sp³-hybridized carbons (Fsp3) is 0.667. The lowest BCUT2D eigenvalue weighted by Gasteiger charge is -2.47. The van der Waals surface area contributed by atoms with Crippen LogP contribution in [0.15, 0.2) is 24.3 Å². The Hall–Kier alpha value is -0.900. The molecule has 21 heavy (non-hydrogen) atoms. The molecule has 2 rings (SSSR count). The SMILES string of the molecule is CCCN1CCC(CN)(N(C)Cc2ccccc2C)CC1. The molecule has 3 heteroatoms. The van der Waals surface area contributed by atoms with Crippen LogP contribution in [-0.4, -0.2) is 48.6 Å². The van der Waals surface area contributed by atoms with Crippen LogP contribution >= 0.6 is 0 Å². The van der Waals surface area contributed by atoms with Crippen LogP contribution in [-0.2, 0) is 6.54 Å². The standard InChI is InChI=1S/C18H31N3/c1-4-11-21-12-9-18(15-19,10-13-21)20(3)14-17-8-6-5-7-16(17)2/h5-8H,4,9-15,19H2,1-3H3. The Bertz CT molecular complexity index is 436.